The van der Waals surface area contributed by atoms with Crippen molar-refractivity contribution in [1.29, 1.82) is 0 Å². The average molecular weight is 304 g/mol. The van der Waals surface area contributed by atoms with Crippen LogP contribution in [0.15, 0.2) is 54.6 Å². The summed E-state index contributed by atoms with van der Waals surface area (Å²) < 4.78 is 26.5. The molecule has 0 aromatic heterocycles. The fourth-order valence-corrected chi connectivity index (χ4v) is 1.94. The molecule has 112 valence electrons. The van der Waals surface area contributed by atoms with Crippen LogP contribution in [0.2, 0.25) is 0 Å². The zero-order valence-corrected chi connectivity index (χ0v) is 11.1. The van der Waals surface area contributed by atoms with Gasteiger partial charge in [-0.1, -0.05) is 24.3 Å². The predicted molar refractivity (Wildman–Crippen MR) is 75.0 cm³/mol. The molecule has 0 saturated heterocycles. The normalized spacial score (nSPS) is 10.1. The molecule has 0 radical (unpaired) electrons. The Balaban J connectivity index is 2.45. The summed E-state index contributed by atoms with van der Waals surface area (Å²) in [7, 11) is 0. The van der Waals surface area contributed by atoms with Gasteiger partial charge in [0.05, 0.1) is 16.7 Å². The molecule has 22 heavy (non-hydrogen) atoms. The van der Waals surface area contributed by atoms with Gasteiger partial charge in [0.15, 0.2) is 0 Å². The molecule has 0 amide bonds. The van der Waals surface area contributed by atoms with Crippen LogP contribution in [0.4, 0.5) is 8.78 Å². The second kappa shape index (κ2) is 6.17. The van der Waals surface area contributed by atoms with Crippen LogP contribution >= 0.6 is 0 Å². The van der Waals surface area contributed by atoms with Crippen molar-refractivity contribution in [2.24, 2.45) is 0 Å². The summed E-state index contributed by atoms with van der Waals surface area (Å²) >= 11 is 0. The fourth-order valence-electron chi connectivity index (χ4n) is 1.94. The number of carbonyl (C=O) groups is 2. The molecular formula is C16H10F2O4. The third kappa shape index (κ3) is 3.17. The summed E-state index contributed by atoms with van der Waals surface area (Å²) in [6.45, 7) is 0. The Kier molecular flexibility index (Phi) is 4.31. The Morgan fingerprint density at radius 2 is 0.909 bits per heavy atom. The summed E-state index contributed by atoms with van der Waals surface area (Å²) in [5, 5.41) is 17.6. The van der Waals surface area contributed by atoms with Crippen LogP contribution in [0.3, 0.4) is 0 Å². The topological polar surface area (TPSA) is 74.6 Å². The fraction of sp³-hybridized carbons (Fsp3) is 0. The lowest BCUT2D eigenvalue weighted by molar-refractivity contribution is 0.0686. The van der Waals surface area contributed by atoms with E-state index in [4.69, 9.17) is 10.2 Å². The molecule has 2 aromatic rings. The van der Waals surface area contributed by atoms with Crippen LogP contribution in [0.25, 0.3) is 5.57 Å². The van der Waals surface area contributed by atoms with Crippen LogP contribution in [0.5, 0.6) is 0 Å². The molecular weight excluding hydrogens is 294 g/mol. The standard InChI is InChI=1S/C16H10F2O4/c17-14(18)13(9-1-5-11(6-2-9)15(19)20)10-3-7-12(8-4-10)16(21)22/h1-8H,(H,19,20)(H,21,22). The summed E-state index contributed by atoms with van der Waals surface area (Å²) in [6, 6.07) is 10.0. The van der Waals surface area contributed by atoms with Gasteiger partial charge < -0.3 is 10.2 Å². The van der Waals surface area contributed by atoms with Crippen molar-refractivity contribution < 1.29 is 28.6 Å². The number of carboxylic acids is 2. The van der Waals surface area contributed by atoms with Crippen LogP contribution in [0, 0.1) is 0 Å². The number of hydrogen-bond acceptors (Lipinski definition) is 2. The molecule has 0 aliphatic heterocycles. The Labute approximate surface area is 124 Å². The molecule has 4 nitrogen and oxygen atoms in total. The van der Waals surface area contributed by atoms with Gasteiger partial charge in [0, 0.05) is 0 Å². The summed E-state index contributed by atoms with van der Waals surface area (Å²) in [5.41, 5.74) is -0.0952. The van der Waals surface area contributed by atoms with Gasteiger partial charge in [0.2, 0.25) is 0 Å². The number of aromatic carboxylic acids is 2. The second-order valence-corrected chi connectivity index (χ2v) is 4.40. The molecule has 0 bridgehead atoms. The van der Waals surface area contributed by atoms with Crippen molar-refractivity contribution in [3.8, 4) is 0 Å². The van der Waals surface area contributed by atoms with Gasteiger partial charge in [-0.3, -0.25) is 0 Å². The number of carboxylic acid groups (broad SMARTS) is 2. The molecule has 2 N–H and O–H groups in total. The van der Waals surface area contributed by atoms with Crippen molar-refractivity contribution >= 4 is 17.5 Å². The van der Waals surface area contributed by atoms with E-state index in [1.807, 2.05) is 0 Å². The maximum absolute atomic E-state index is 13.2. The Morgan fingerprint density at radius 3 is 1.14 bits per heavy atom. The van der Waals surface area contributed by atoms with Gasteiger partial charge in [-0.05, 0) is 35.4 Å². The molecule has 0 aliphatic rings. The van der Waals surface area contributed by atoms with Crippen molar-refractivity contribution in [1.82, 2.24) is 0 Å². The van der Waals surface area contributed by atoms with Crippen LogP contribution in [0.1, 0.15) is 31.8 Å². The minimum absolute atomic E-state index is 0.0106. The zero-order valence-electron chi connectivity index (χ0n) is 11.1. The van der Waals surface area contributed by atoms with E-state index < -0.39 is 18.0 Å². The maximum Gasteiger partial charge on any atom is 0.335 e. The van der Waals surface area contributed by atoms with E-state index in [2.05, 4.69) is 0 Å². The minimum atomic E-state index is -1.94. The van der Waals surface area contributed by atoms with Crippen LogP contribution in [-0.4, -0.2) is 22.2 Å². The van der Waals surface area contributed by atoms with Gasteiger partial charge in [-0.2, -0.15) is 8.78 Å². The average Bonchev–Trinajstić information content (AvgIpc) is 2.48. The molecule has 0 saturated carbocycles. The quantitative estimate of drug-likeness (QED) is 0.902. The second-order valence-electron chi connectivity index (χ2n) is 4.40. The third-order valence-corrected chi connectivity index (χ3v) is 3.03. The van der Waals surface area contributed by atoms with Gasteiger partial charge in [0.1, 0.15) is 0 Å². The highest BCUT2D eigenvalue weighted by atomic mass is 19.3. The lowest BCUT2D eigenvalue weighted by atomic mass is 9.97. The van der Waals surface area contributed by atoms with Crippen LogP contribution in [-0.2, 0) is 0 Å². The maximum atomic E-state index is 13.2. The Morgan fingerprint density at radius 1 is 0.636 bits per heavy atom. The van der Waals surface area contributed by atoms with Crippen molar-refractivity contribution in [2.45, 2.75) is 0 Å². The van der Waals surface area contributed by atoms with E-state index in [1.54, 1.807) is 0 Å². The monoisotopic (exact) mass is 304 g/mol. The Hall–Kier alpha value is -3.02. The number of hydrogen-bond donors (Lipinski definition) is 2. The SMILES string of the molecule is O=C(O)c1ccc(C(=C(F)F)c2ccc(C(=O)O)cc2)cc1. The molecule has 0 unspecified atom stereocenters. The van der Waals surface area contributed by atoms with Gasteiger partial charge >= 0.3 is 11.9 Å². The first-order chi connectivity index (χ1) is 10.4. The first-order valence-electron chi connectivity index (χ1n) is 6.13. The van der Waals surface area contributed by atoms with Gasteiger partial charge in [-0.25, -0.2) is 9.59 Å². The van der Waals surface area contributed by atoms with Gasteiger partial charge in [-0.15, -0.1) is 0 Å². The molecule has 6 heteroatoms. The highest BCUT2D eigenvalue weighted by Gasteiger charge is 2.14. The number of benzene rings is 2. The largest absolute Gasteiger partial charge is 0.478 e. The molecule has 0 atom stereocenters. The summed E-state index contributed by atoms with van der Waals surface area (Å²) in [4.78, 5) is 21.5. The first kappa shape index (κ1) is 15.4. The van der Waals surface area contributed by atoms with Crippen molar-refractivity contribution in [3.63, 3.8) is 0 Å². The van der Waals surface area contributed by atoms with Crippen LogP contribution < -0.4 is 0 Å². The van der Waals surface area contributed by atoms with E-state index in [-0.39, 0.29) is 27.8 Å². The van der Waals surface area contributed by atoms with E-state index in [9.17, 15) is 18.4 Å². The minimum Gasteiger partial charge on any atom is -0.478 e. The first-order valence-corrected chi connectivity index (χ1v) is 6.13. The highest BCUT2D eigenvalue weighted by Crippen LogP contribution is 2.29. The van der Waals surface area contributed by atoms with E-state index in [0.717, 1.165) is 0 Å². The number of rotatable bonds is 4. The molecule has 2 aromatic carbocycles. The zero-order chi connectivity index (χ0) is 16.3. The highest BCUT2D eigenvalue weighted by molar-refractivity contribution is 5.90. The molecule has 0 aliphatic carbocycles. The lowest BCUT2D eigenvalue weighted by Crippen LogP contribution is -1.98. The Bertz CT molecular complexity index is 683. The summed E-state index contributed by atoms with van der Waals surface area (Å²) in [5.74, 6) is -2.30. The van der Waals surface area contributed by atoms with E-state index in [1.165, 1.54) is 48.5 Å². The predicted octanol–water partition coefficient (Wildman–Crippen LogP) is 3.74. The van der Waals surface area contributed by atoms with Crippen molar-refractivity contribution in [3.05, 3.63) is 76.9 Å². The smallest absolute Gasteiger partial charge is 0.335 e. The van der Waals surface area contributed by atoms with E-state index >= 15 is 0 Å². The van der Waals surface area contributed by atoms with Gasteiger partial charge in [0.25, 0.3) is 6.08 Å². The summed E-state index contributed by atoms with van der Waals surface area (Å²) in [6.07, 6.45) is -1.94. The lowest BCUT2D eigenvalue weighted by Gasteiger charge is -2.08. The third-order valence-electron chi connectivity index (χ3n) is 3.03. The molecule has 0 fully saturated rings. The molecule has 0 heterocycles. The molecule has 0 spiro atoms. The molecule has 2 rings (SSSR count). The van der Waals surface area contributed by atoms with Crippen molar-refractivity contribution in [2.75, 3.05) is 0 Å². The number of halogens is 2. The van der Waals surface area contributed by atoms with E-state index in [0.29, 0.717) is 0 Å².